The standard InChI is InChI=1S/C16H15BrClNO3/c1-6-10(3-2-9(17)14(6)18)19-15(20)12-7-4-8-11(5-7)22-16(21)13(8)12/h2-3,7-8,11-13H,4-5H2,1H3,(H,19,20)/t7-,8+,11+,12-,13-/m1/s1. The predicted octanol–water partition coefficient (Wildman–Crippen LogP) is 3.55. The number of fused-ring (bicyclic) bond motifs is 1. The molecular weight excluding hydrogens is 370 g/mol. The molecule has 0 aromatic heterocycles. The SMILES string of the molecule is Cc1c(NC(=O)[C@@H]2[C@@H]3C[C@@H]4[C@H]2C(=O)O[C@H]4C3)ccc(Br)c1Cl. The highest BCUT2D eigenvalue weighted by atomic mass is 79.9. The smallest absolute Gasteiger partial charge is 0.310 e. The third-order valence-corrected chi connectivity index (χ3v) is 6.76. The third kappa shape index (κ3) is 1.95. The van der Waals surface area contributed by atoms with Crippen LogP contribution in [0.15, 0.2) is 16.6 Å². The monoisotopic (exact) mass is 383 g/mol. The number of hydrogen-bond acceptors (Lipinski definition) is 3. The normalized spacial score (nSPS) is 34.9. The van der Waals surface area contributed by atoms with Gasteiger partial charge >= 0.3 is 5.97 Å². The van der Waals surface area contributed by atoms with E-state index in [1.807, 2.05) is 19.1 Å². The van der Waals surface area contributed by atoms with E-state index >= 15 is 0 Å². The molecule has 4 nitrogen and oxygen atoms in total. The van der Waals surface area contributed by atoms with Crippen LogP contribution in [0.2, 0.25) is 5.02 Å². The minimum Gasteiger partial charge on any atom is -0.462 e. The van der Waals surface area contributed by atoms with E-state index in [9.17, 15) is 9.59 Å². The molecule has 1 amide bonds. The molecule has 1 aromatic carbocycles. The van der Waals surface area contributed by atoms with Crippen LogP contribution >= 0.6 is 27.5 Å². The van der Waals surface area contributed by atoms with Crippen molar-refractivity contribution in [3.8, 4) is 0 Å². The lowest BCUT2D eigenvalue weighted by Crippen LogP contribution is -2.36. The first-order chi connectivity index (χ1) is 10.5. The Hall–Kier alpha value is -1.07. The number of carbonyl (C=O) groups excluding carboxylic acids is 2. The lowest BCUT2D eigenvalue weighted by Gasteiger charge is -2.24. The lowest BCUT2D eigenvalue weighted by molar-refractivity contribution is -0.145. The van der Waals surface area contributed by atoms with Gasteiger partial charge in [0, 0.05) is 16.1 Å². The molecule has 0 unspecified atom stereocenters. The van der Waals surface area contributed by atoms with Crippen molar-refractivity contribution in [1.82, 2.24) is 0 Å². The molecule has 116 valence electrons. The second-order valence-corrected chi connectivity index (χ2v) is 7.68. The highest BCUT2D eigenvalue weighted by Gasteiger charge is 2.63. The van der Waals surface area contributed by atoms with E-state index in [1.54, 1.807) is 0 Å². The van der Waals surface area contributed by atoms with Crippen LogP contribution in [0.1, 0.15) is 18.4 Å². The summed E-state index contributed by atoms with van der Waals surface area (Å²) in [5.74, 6) is -0.300. The number of halogens is 2. The van der Waals surface area contributed by atoms with Gasteiger partial charge in [-0.05, 0) is 59.3 Å². The number of amides is 1. The van der Waals surface area contributed by atoms with E-state index in [0.717, 1.165) is 22.9 Å². The maximum Gasteiger partial charge on any atom is 0.310 e. The molecule has 1 aromatic rings. The molecule has 1 N–H and O–H groups in total. The summed E-state index contributed by atoms with van der Waals surface area (Å²) in [6.07, 6.45) is 1.81. The van der Waals surface area contributed by atoms with E-state index in [2.05, 4.69) is 21.2 Å². The molecule has 1 saturated heterocycles. The summed E-state index contributed by atoms with van der Waals surface area (Å²) in [6.45, 7) is 1.86. The Kier molecular flexibility index (Phi) is 3.28. The van der Waals surface area contributed by atoms with Crippen molar-refractivity contribution < 1.29 is 14.3 Å². The average molecular weight is 385 g/mol. The zero-order valence-electron chi connectivity index (χ0n) is 11.9. The summed E-state index contributed by atoms with van der Waals surface area (Å²) in [5.41, 5.74) is 1.52. The van der Waals surface area contributed by atoms with E-state index in [0.29, 0.717) is 10.7 Å². The van der Waals surface area contributed by atoms with Crippen LogP contribution in [-0.4, -0.2) is 18.0 Å². The molecule has 1 aliphatic heterocycles. The highest BCUT2D eigenvalue weighted by molar-refractivity contribution is 9.10. The zero-order valence-corrected chi connectivity index (χ0v) is 14.3. The number of carbonyl (C=O) groups is 2. The van der Waals surface area contributed by atoms with Crippen LogP contribution in [0.25, 0.3) is 0 Å². The summed E-state index contributed by atoms with van der Waals surface area (Å²) >= 11 is 9.57. The Balaban J connectivity index is 1.59. The fourth-order valence-corrected chi connectivity index (χ4v) is 4.96. The van der Waals surface area contributed by atoms with Crippen molar-refractivity contribution in [3.63, 3.8) is 0 Å². The summed E-state index contributed by atoms with van der Waals surface area (Å²) in [5, 5.41) is 3.55. The van der Waals surface area contributed by atoms with E-state index in [1.165, 1.54) is 0 Å². The Morgan fingerprint density at radius 1 is 1.41 bits per heavy atom. The first kappa shape index (κ1) is 14.5. The predicted molar refractivity (Wildman–Crippen MR) is 85.6 cm³/mol. The van der Waals surface area contributed by atoms with Gasteiger partial charge in [-0.25, -0.2) is 0 Å². The molecule has 5 atom stereocenters. The first-order valence-electron chi connectivity index (χ1n) is 7.43. The van der Waals surface area contributed by atoms with Crippen LogP contribution in [0, 0.1) is 30.6 Å². The number of esters is 1. The zero-order chi connectivity index (χ0) is 15.6. The molecule has 22 heavy (non-hydrogen) atoms. The van der Waals surface area contributed by atoms with Crippen LogP contribution in [0.3, 0.4) is 0 Å². The number of ether oxygens (including phenoxy) is 1. The first-order valence-corrected chi connectivity index (χ1v) is 8.60. The summed E-state index contributed by atoms with van der Waals surface area (Å²) < 4.78 is 6.18. The molecular formula is C16H15BrClNO3. The molecule has 2 aliphatic carbocycles. The molecule has 6 heteroatoms. The van der Waals surface area contributed by atoms with Gasteiger partial charge in [0.25, 0.3) is 0 Å². The lowest BCUT2D eigenvalue weighted by atomic mass is 9.79. The number of benzene rings is 1. The quantitative estimate of drug-likeness (QED) is 0.793. The minimum atomic E-state index is -0.266. The van der Waals surface area contributed by atoms with Gasteiger partial charge in [-0.1, -0.05) is 11.6 Å². The number of nitrogens with one attached hydrogen (secondary N) is 1. The van der Waals surface area contributed by atoms with Crippen LogP contribution in [0.5, 0.6) is 0 Å². The summed E-state index contributed by atoms with van der Waals surface area (Å²) in [6, 6.07) is 3.64. The molecule has 2 saturated carbocycles. The summed E-state index contributed by atoms with van der Waals surface area (Å²) in [7, 11) is 0. The van der Waals surface area contributed by atoms with Gasteiger partial charge in [0.15, 0.2) is 0 Å². The fraction of sp³-hybridized carbons (Fsp3) is 0.500. The van der Waals surface area contributed by atoms with Crippen molar-refractivity contribution in [2.24, 2.45) is 23.7 Å². The Labute approximate surface area is 141 Å². The van der Waals surface area contributed by atoms with Gasteiger partial charge in [0.2, 0.25) is 5.91 Å². The molecule has 4 rings (SSSR count). The van der Waals surface area contributed by atoms with Crippen LogP contribution in [0.4, 0.5) is 5.69 Å². The maximum absolute atomic E-state index is 12.7. The van der Waals surface area contributed by atoms with E-state index in [4.69, 9.17) is 16.3 Å². The Morgan fingerprint density at radius 2 is 2.18 bits per heavy atom. The molecule has 0 spiro atoms. The van der Waals surface area contributed by atoms with Crippen molar-refractivity contribution in [2.75, 3.05) is 5.32 Å². The second kappa shape index (κ2) is 4.96. The number of rotatable bonds is 2. The molecule has 3 aliphatic rings. The molecule has 2 bridgehead atoms. The van der Waals surface area contributed by atoms with Gasteiger partial charge in [-0.2, -0.15) is 0 Å². The summed E-state index contributed by atoms with van der Waals surface area (Å²) in [4.78, 5) is 24.7. The van der Waals surface area contributed by atoms with E-state index in [-0.39, 0.29) is 41.7 Å². The Bertz CT molecular complexity index is 690. The maximum atomic E-state index is 12.7. The van der Waals surface area contributed by atoms with Gasteiger partial charge in [-0.15, -0.1) is 0 Å². The molecule has 3 fully saturated rings. The van der Waals surface area contributed by atoms with Crippen molar-refractivity contribution in [1.29, 1.82) is 0 Å². The third-order valence-electron chi connectivity index (χ3n) is 5.38. The largest absolute Gasteiger partial charge is 0.462 e. The molecule has 0 radical (unpaired) electrons. The van der Waals surface area contributed by atoms with Crippen LogP contribution in [-0.2, 0) is 14.3 Å². The van der Waals surface area contributed by atoms with Crippen molar-refractivity contribution in [3.05, 3.63) is 27.2 Å². The van der Waals surface area contributed by atoms with Gasteiger partial charge in [0.05, 0.1) is 16.9 Å². The van der Waals surface area contributed by atoms with Crippen molar-refractivity contribution in [2.45, 2.75) is 25.9 Å². The minimum absolute atomic E-state index is 0.0513. The van der Waals surface area contributed by atoms with Gasteiger partial charge in [-0.3, -0.25) is 9.59 Å². The average Bonchev–Trinajstić information content (AvgIpc) is 3.09. The van der Waals surface area contributed by atoms with E-state index < -0.39 is 0 Å². The topological polar surface area (TPSA) is 55.4 Å². The fourth-order valence-electron chi connectivity index (χ4n) is 4.37. The highest BCUT2D eigenvalue weighted by Crippen LogP contribution is 2.57. The number of anilines is 1. The van der Waals surface area contributed by atoms with Gasteiger partial charge in [0.1, 0.15) is 6.10 Å². The van der Waals surface area contributed by atoms with Crippen LogP contribution < -0.4 is 5.32 Å². The molecule has 1 heterocycles. The second-order valence-electron chi connectivity index (χ2n) is 6.45. The van der Waals surface area contributed by atoms with Crippen molar-refractivity contribution >= 4 is 45.1 Å². The van der Waals surface area contributed by atoms with Gasteiger partial charge < -0.3 is 10.1 Å². The Morgan fingerprint density at radius 3 is 2.95 bits per heavy atom. The number of hydrogen-bond donors (Lipinski definition) is 1.